The van der Waals surface area contributed by atoms with Gasteiger partial charge in [0, 0.05) is 5.56 Å². The van der Waals surface area contributed by atoms with Crippen LogP contribution in [0.4, 0.5) is 16.3 Å². The van der Waals surface area contributed by atoms with E-state index in [1.54, 1.807) is 6.07 Å². The zero-order valence-corrected chi connectivity index (χ0v) is 17.9. The summed E-state index contributed by atoms with van der Waals surface area (Å²) in [4.78, 5) is 12.6. The van der Waals surface area contributed by atoms with Gasteiger partial charge in [0.1, 0.15) is 23.7 Å². The lowest BCUT2D eigenvalue weighted by molar-refractivity contribution is 0.247. The quantitative estimate of drug-likeness (QED) is 0.348. The Morgan fingerprint density at radius 2 is 1.62 bits per heavy atom. The molecular weight excluding hydrogens is 426 g/mol. The molecule has 0 fully saturated rings. The molecule has 0 aliphatic rings. The largest absolute Gasteiger partial charge is 0.492 e. The number of nitrogens with two attached hydrogens (primary N) is 1. The first-order valence-corrected chi connectivity index (χ1v) is 10.4. The van der Waals surface area contributed by atoms with Gasteiger partial charge in [-0.25, -0.2) is 9.48 Å². The zero-order chi connectivity index (χ0) is 22.3. The summed E-state index contributed by atoms with van der Waals surface area (Å²) in [5, 5.41) is 10.7. The van der Waals surface area contributed by atoms with Crippen molar-refractivity contribution >= 4 is 29.1 Å². The molecule has 0 bridgehead atoms. The summed E-state index contributed by atoms with van der Waals surface area (Å²) in [7, 11) is 0. The number of amides is 2. The Kier molecular flexibility index (Phi) is 6.57. The molecule has 0 radical (unpaired) electrons. The minimum atomic E-state index is -0.413. The number of para-hydroxylation sites is 2. The van der Waals surface area contributed by atoms with Crippen molar-refractivity contribution < 1.29 is 9.53 Å². The second-order valence-electron chi connectivity index (χ2n) is 6.88. The zero-order valence-electron chi connectivity index (χ0n) is 17.2. The highest BCUT2D eigenvalue weighted by Gasteiger charge is 2.21. The van der Waals surface area contributed by atoms with E-state index < -0.39 is 6.03 Å². The maximum atomic E-state index is 12.6. The number of ether oxygens (including phenoxy) is 1. The Hall–Kier alpha value is -3.97. The second kappa shape index (κ2) is 9.89. The monoisotopic (exact) mass is 447 g/mol. The lowest BCUT2D eigenvalue weighted by Crippen LogP contribution is -2.32. The van der Waals surface area contributed by atoms with Gasteiger partial charge in [-0.3, -0.25) is 0 Å². The number of halogens is 1. The lowest BCUT2D eigenvalue weighted by atomic mass is 10.1. The molecule has 1 aromatic heterocycles. The van der Waals surface area contributed by atoms with Crippen LogP contribution in [-0.4, -0.2) is 29.0 Å². The van der Waals surface area contributed by atoms with Crippen LogP contribution in [-0.2, 0) is 0 Å². The third-order valence-corrected chi connectivity index (χ3v) is 5.01. The molecule has 0 atom stereocenters. The van der Waals surface area contributed by atoms with Crippen LogP contribution in [0.15, 0.2) is 84.9 Å². The summed E-state index contributed by atoms with van der Waals surface area (Å²) in [6.45, 7) is 0.650. The molecule has 7 nitrogen and oxygen atoms in total. The standard InChI is InChI=1S/C24H22ClN5O2/c25-19-13-7-8-14-20(19)30-23(26)22(21(29-30)17-9-3-1-4-10-17)28-24(31)27-15-16-32-18-11-5-2-6-12-18/h1-14H,15-16,26H2,(H2,27,28,31). The van der Waals surface area contributed by atoms with Gasteiger partial charge in [-0.2, -0.15) is 5.10 Å². The van der Waals surface area contributed by atoms with Crippen molar-refractivity contribution in [1.29, 1.82) is 0 Å². The minimum absolute atomic E-state index is 0.271. The predicted octanol–water partition coefficient (Wildman–Crippen LogP) is 4.98. The highest BCUT2D eigenvalue weighted by Crippen LogP contribution is 2.35. The summed E-state index contributed by atoms with van der Waals surface area (Å²) >= 11 is 6.35. The maximum Gasteiger partial charge on any atom is 0.319 e. The molecule has 0 saturated heterocycles. The number of rotatable bonds is 7. The van der Waals surface area contributed by atoms with Gasteiger partial charge >= 0.3 is 6.03 Å². The van der Waals surface area contributed by atoms with E-state index in [0.717, 1.165) is 11.3 Å². The van der Waals surface area contributed by atoms with Crippen LogP contribution < -0.4 is 21.1 Å². The first kappa shape index (κ1) is 21.3. The van der Waals surface area contributed by atoms with Crippen molar-refractivity contribution in [3.05, 3.63) is 90.0 Å². The van der Waals surface area contributed by atoms with E-state index in [1.165, 1.54) is 4.68 Å². The molecule has 162 valence electrons. The number of nitrogens with one attached hydrogen (secondary N) is 2. The number of nitrogens with zero attached hydrogens (tertiary/aromatic N) is 2. The number of hydrogen-bond acceptors (Lipinski definition) is 4. The molecule has 4 N–H and O–H groups in total. The molecule has 3 aromatic carbocycles. The Morgan fingerprint density at radius 1 is 0.969 bits per heavy atom. The number of hydrogen-bond donors (Lipinski definition) is 3. The first-order valence-electron chi connectivity index (χ1n) is 10.0. The molecule has 32 heavy (non-hydrogen) atoms. The van der Waals surface area contributed by atoms with Crippen LogP contribution >= 0.6 is 11.6 Å². The van der Waals surface area contributed by atoms with Crippen molar-refractivity contribution in [2.24, 2.45) is 0 Å². The molecule has 4 rings (SSSR count). The summed E-state index contributed by atoms with van der Waals surface area (Å²) in [6.07, 6.45) is 0. The van der Waals surface area contributed by atoms with Crippen molar-refractivity contribution in [1.82, 2.24) is 15.1 Å². The van der Waals surface area contributed by atoms with E-state index in [1.807, 2.05) is 78.9 Å². The Labute approximate surface area is 190 Å². The summed E-state index contributed by atoms with van der Waals surface area (Å²) in [5.74, 6) is 1.01. The smallest absolute Gasteiger partial charge is 0.319 e. The van der Waals surface area contributed by atoms with Gasteiger partial charge in [-0.15, -0.1) is 0 Å². The molecule has 2 amide bonds. The SMILES string of the molecule is Nc1c(NC(=O)NCCOc2ccccc2)c(-c2ccccc2)nn1-c1ccccc1Cl. The first-order chi connectivity index (χ1) is 15.6. The molecule has 4 aromatic rings. The number of urea groups is 1. The van der Waals surface area contributed by atoms with Gasteiger partial charge in [0.2, 0.25) is 0 Å². The Bertz CT molecular complexity index is 1200. The Balaban J connectivity index is 1.53. The van der Waals surface area contributed by atoms with Gasteiger partial charge in [0.25, 0.3) is 0 Å². The normalized spacial score (nSPS) is 10.5. The van der Waals surface area contributed by atoms with Crippen LogP contribution in [0.2, 0.25) is 5.02 Å². The van der Waals surface area contributed by atoms with Crippen LogP contribution in [0.25, 0.3) is 16.9 Å². The number of benzene rings is 3. The molecule has 8 heteroatoms. The third-order valence-electron chi connectivity index (χ3n) is 4.69. The number of anilines is 2. The average Bonchev–Trinajstić information content (AvgIpc) is 3.14. The summed E-state index contributed by atoms with van der Waals surface area (Å²) < 4.78 is 7.13. The topological polar surface area (TPSA) is 94.2 Å². The fourth-order valence-corrected chi connectivity index (χ4v) is 3.38. The maximum absolute atomic E-state index is 12.6. The Morgan fingerprint density at radius 3 is 2.34 bits per heavy atom. The van der Waals surface area contributed by atoms with Gasteiger partial charge in [-0.1, -0.05) is 72.3 Å². The second-order valence-corrected chi connectivity index (χ2v) is 7.29. The van der Waals surface area contributed by atoms with E-state index in [4.69, 9.17) is 22.1 Å². The van der Waals surface area contributed by atoms with Gasteiger partial charge in [-0.05, 0) is 24.3 Å². The number of carbonyl (C=O) groups excluding carboxylic acids is 1. The van der Waals surface area contributed by atoms with Crippen LogP contribution in [0.1, 0.15) is 0 Å². The van der Waals surface area contributed by atoms with Crippen LogP contribution in [0.3, 0.4) is 0 Å². The molecule has 0 aliphatic carbocycles. The third kappa shape index (κ3) is 4.84. The van der Waals surface area contributed by atoms with E-state index in [-0.39, 0.29) is 5.82 Å². The molecule has 0 spiro atoms. The van der Waals surface area contributed by atoms with Crippen LogP contribution in [0.5, 0.6) is 5.75 Å². The summed E-state index contributed by atoms with van der Waals surface area (Å²) in [5.41, 5.74) is 8.77. The van der Waals surface area contributed by atoms with Crippen molar-refractivity contribution in [3.63, 3.8) is 0 Å². The van der Waals surface area contributed by atoms with Gasteiger partial charge < -0.3 is 21.1 Å². The van der Waals surface area contributed by atoms with Crippen molar-refractivity contribution in [2.75, 3.05) is 24.2 Å². The average molecular weight is 448 g/mol. The van der Waals surface area contributed by atoms with Gasteiger partial charge in [0.15, 0.2) is 5.82 Å². The highest BCUT2D eigenvalue weighted by molar-refractivity contribution is 6.32. The minimum Gasteiger partial charge on any atom is -0.492 e. The van der Waals surface area contributed by atoms with E-state index in [0.29, 0.717) is 35.2 Å². The number of carbonyl (C=O) groups is 1. The molecule has 0 aliphatic heterocycles. The van der Waals surface area contributed by atoms with Crippen molar-refractivity contribution in [3.8, 4) is 22.7 Å². The van der Waals surface area contributed by atoms with Gasteiger partial charge in [0.05, 0.1) is 17.3 Å². The predicted molar refractivity (Wildman–Crippen MR) is 127 cm³/mol. The molecule has 0 saturated carbocycles. The highest BCUT2D eigenvalue weighted by atomic mass is 35.5. The van der Waals surface area contributed by atoms with E-state index >= 15 is 0 Å². The summed E-state index contributed by atoms with van der Waals surface area (Å²) in [6, 6.07) is 25.7. The van der Waals surface area contributed by atoms with E-state index in [2.05, 4.69) is 15.7 Å². The fourth-order valence-electron chi connectivity index (χ4n) is 3.17. The van der Waals surface area contributed by atoms with E-state index in [9.17, 15) is 4.79 Å². The lowest BCUT2D eigenvalue weighted by Gasteiger charge is -2.10. The molecule has 0 unspecified atom stereocenters. The fraction of sp³-hybridized carbons (Fsp3) is 0.0833. The number of nitrogen functional groups attached to an aromatic ring is 1. The number of aromatic nitrogens is 2. The van der Waals surface area contributed by atoms with Crippen molar-refractivity contribution in [2.45, 2.75) is 0 Å². The molecule has 1 heterocycles. The van der Waals surface area contributed by atoms with Crippen LogP contribution in [0, 0.1) is 0 Å². The molecular formula is C24H22ClN5O2.